The van der Waals surface area contributed by atoms with E-state index < -0.39 is 0 Å². The molecular formula is C15H17ClN4. The van der Waals surface area contributed by atoms with Gasteiger partial charge in [0.15, 0.2) is 0 Å². The van der Waals surface area contributed by atoms with Crippen molar-refractivity contribution in [1.29, 1.82) is 5.26 Å². The number of pyridine rings is 1. The van der Waals surface area contributed by atoms with Crippen molar-refractivity contribution in [2.45, 2.75) is 18.9 Å². The van der Waals surface area contributed by atoms with Crippen LogP contribution in [0.5, 0.6) is 0 Å². The number of rotatable bonds is 2. The summed E-state index contributed by atoms with van der Waals surface area (Å²) in [6, 6.07) is 8.76. The first-order valence-electron chi connectivity index (χ1n) is 6.62. The monoisotopic (exact) mass is 288 g/mol. The summed E-state index contributed by atoms with van der Waals surface area (Å²) < 4.78 is 0. The number of benzene rings is 1. The Kier molecular flexibility index (Phi) is 4.78. The number of hydrogen-bond acceptors (Lipinski definition) is 4. The van der Waals surface area contributed by atoms with Crippen molar-refractivity contribution in [2.24, 2.45) is 0 Å². The standard InChI is InChI=1S/C15H16N4.ClH/c16-8-12-10-18-9-11-2-1-3-14(15(11)12)19-13-4-6-17-7-5-13;/h1-3,9-10,13,17,19H,4-7H2;1H. The van der Waals surface area contributed by atoms with Gasteiger partial charge in [0.05, 0.1) is 5.56 Å². The van der Waals surface area contributed by atoms with Crippen LogP contribution in [0, 0.1) is 11.3 Å². The number of piperidine rings is 1. The summed E-state index contributed by atoms with van der Waals surface area (Å²) in [6.07, 6.45) is 5.67. The zero-order chi connectivity index (χ0) is 13.1. The van der Waals surface area contributed by atoms with E-state index in [0.29, 0.717) is 11.6 Å². The van der Waals surface area contributed by atoms with Gasteiger partial charge < -0.3 is 10.6 Å². The van der Waals surface area contributed by atoms with Gasteiger partial charge in [-0.2, -0.15) is 5.26 Å². The average Bonchev–Trinajstić information content (AvgIpc) is 2.48. The molecule has 0 radical (unpaired) electrons. The van der Waals surface area contributed by atoms with Crippen LogP contribution in [-0.4, -0.2) is 24.1 Å². The van der Waals surface area contributed by atoms with E-state index in [1.54, 1.807) is 6.20 Å². The van der Waals surface area contributed by atoms with Gasteiger partial charge in [-0.3, -0.25) is 4.98 Å². The summed E-state index contributed by atoms with van der Waals surface area (Å²) in [5.41, 5.74) is 1.68. The first-order chi connectivity index (χ1) is 9.38. The Labute approximate surface area is 124 Å². The molecule has 1 aromatic carbocycles. The maximum atomic E-state index is 9.24. The highest BCUT2D eigenvalue weighted by atomic mass is 35.5. The Hall–Kier alpha value is -1.83. The first-order valence-corrected chi connectivity index (χ1v) is 6.62. The van der Waals surface area contributed by atoms with E-state index in [1.165, 1.54) is 0 Å². The first kappa shape index (κ1) is 14.6. The van der Waals surface area contributed by atoms with E-state index in [4.69, 9.17) is 0 Å². The second-order valence-electron chi connectivity index (χ2n) is 4.87. The van der Waals surface area contributed by atoms with E-state index in [0.717, 1.165) is 42.4 Å². The lowest BCUT2D eigenvalue weighted by molar-refractivity contribution is 0.479. The number of halogens is 1. The zero-order valence-electron chi connectivity index (χ0n) is 11.1. The van der Waals surface area contributed by atoms with E-state index in [9.17, 15) is 5.26 Å². The van der Waals surface area contributed by atoms with Crippen LogP contribution in [0.2, 0.25) is 0 Å². The largest absolute Gasteiger partial charge is 0.382 e. The molecule has 0 aliphatic carbocycles. The SMILES string of the molecule is Cl.N#Cc1cncc2cccc(NC3CCNCC3)c12. The second kappa shape index (κ2) is 6.56. The fourth-order valence-electron chi connectivity index (χ4n) is 2.63. The molecule has 0 saturated carbocycles. The molecule has 4 nitrogen and oxygen atoms in total. The van der Waals surface area contributed by atoms with Gasteiger partial charge in [-0.25, -0.2) is 0 Å². The van der Waals surface area contributed by atoms with Crippen LogP contribution in [0.25, 0.3) is 10.8 Å². The number of nitriles is 1. The van der Waals surface area contributed by atoms with Crippen molar-refractivity contribution in [3.63, 3.8) is 0 Å². The molecule has 20 heavy (non-hydrogen) atoms. The van der Waals surface area contributed by atoms with Crippen molar-refractivity contribution in [2.75, 3.05) is 18.4 Å². The van der Waals surface area contributed by atoms with E-state index in [-0.39, 0.29) is 12.4 Å². The Bertz CT molecular complexity index is 624. The van der Waals surface area contributed by atoms with Crippen LogP contribution in [0.15, 0.2) is 30.6 Å². The van der Waals surface area contributed by atoms with Crippen molar-refractivity contribution in [3.8, 4) is 6.07 Å². The molecular weight excluding hydrogens is 272 g/mol. The molecule has 5 heteroatoms. The van der Waals surface area contributed by atoms with Crippen LogP contribution < -0.4 is 10.6 Å². The van der Waals surface area contributed by atoms with Gasteiger partial charge >= 0.3 is 0 Å². The summed E-state index contributed by atoms with van der Waals surface area (Å²) in [5.74, 6) is 0. The fourth-order valence-corrected chi connectivity index (χ4v) is 2.63. The minimum absolute atomic E-state index is 0. The third kappa shape index (κ3) is 2.84. The molecule has 1 aliphatic heterocycles. The van der Waals surface area contributed by atoms with Crippen LogP contribution in [0.1, 0.15) is 18.4 Å². The van der Waals surface area contributed by atoms with Crippen LogP contribution in [0.4, 0.5) is 5.69 Å². The highest BCUT2D eigenvalue weighted by Gasteiger charge is 2.14. The fraction of sp³-hybridized carbons (Fsp3) is 0.333. The van der Waals surface area contributed by atoms with Gasteiger partial charge in [-0.15, -0.1) is 12.4 Å². The highest BCUT2D eigenvalue weighted by molar-refractivity contribution is 5.97. The summed E-state index contributed by atoms with van der Waals surface area (Å²) in [6.45, 7) is 2.10. The third-order valence-electron chi connectivity index (χ3n) is 3.60. The normalized spacial score (nSPS) is 15.3. The summed E-state index contributed by atoms with van der Waals surface area (Å²) >= 11 is 0. The van der Waals surface area contributed by atoms with E-state index in [2.05, 4.69) is 21.7 Å². The molecule has 0 spiro atoms. The van der Waals surface area contributed by atoms with Crippen LogP contribution >= 0.6 is 12.4 Å². The molecule has 3 rings (SSSR count). The second-order valence-corrected chi connectivity index (χ2v) is 4.87. The molecule has 2 heterocycles. The molecule has 0 unspecified atom stereocenters. The Morgan fingerprint density at radius 3 is 2.80 bits per heavy atom. The lowest BCUT2D eigenvalue weighted by Crippen LogP contribution is -2.35. The number of fused-ring (bicyclic) bond motifs is 1. The molecule has 2 N–H and O–H groups in total. The number of nitrogens with zero attached hydrogens (tertiary/aromatic N) is 2. The Morgan fingerprint density at radius 2 is 2.05 bits per heavy atom. The van der Waals surface area contributed by atoms with E-state index >= 15 is 0 Å². The highest BCUT2D eigenvalue weighted by Crippen LogP contribution is 2.27. The molecule has 1 aliphatic rings. The summed E-state index contributed by atoms with van der Waals surface area (Å²) in [4.78, 5) is 4.11. The number of aromatic nitrogens is 1. The van der Waals surface area contributed by atoms with Gasteiger partial charge in [-0.1, -0.05) is 12.1 Å². The third-order valence-corrected chi connectivity index (χ3v) is 3.60. The van der Waals surface area contributed by atoms with Crippen LogP contribution in [-0.2, 0) is 0 Å². The maximum Gasteiger partial charge on any atom is 0.101 e. The Morgan fingerprint density at radius 1 is 1.25 bits per heavy atom. The number of anilines is 1. The molecule has 2 aromatic rings. The van der Waals surface area contributed by atoms with Gasteiger partial charge in [0, 0.05) is 34.9 Å². The quantitative estimate of drug-likeness (QED) is 0.892. The van der Waals surface area contributed by atoms with Crippen molar-refractivity contribution in [1.82, 2.24) is 10.3 Å². The molecule has 1 aromatic heterocycles. The van der Waals surface area contributed by atoms with Gasteiger partial charge in [0.1, 0.15) is 6.07 Å². The Balaban J connectivity index is 0.00000147. The van der Waals surface area contributed by atoms with Crippen molar-refractivity contribution < 1.29 is 0 Å². The topological polar surface area (TPSA) is 60.7 Å². The molecule has 1 saturated heterocycles. The number of hydrogen-bond donors (Lipinski definition) is 2. The van der Waals surface area contributed by atoms with Gasteiger partial charge in [0.25, 0.3) is 0 Å². The summed E-state index contributed by atoms with van der Waals surface area (Å²) in [5, 5.41) is 18.2. The van der Waals surface area contributed by atoms with Crippen LogP contribution in [0.3, 0.4) is 0 Å². The minimum atomic E-state index is 0. The predicted octanol–water partition coefficient (Wildman–Crippen LogP) is 2.69. The lowest BCUT2D eigenvalue weighted by Gasteiger charge is -2.25. The van der Waals surface area contributed by atoms with E-state index in [1.807, 2.05) is 24.4 Å². The average molecular weight is 289 g/mol. The lowest BCUT2D eigenvalue weighted by atomic mass is 10.0. The molecule has 0 bridgehead atoms. The maximum absolute atomic E-state index is 9.24. The van der Waals surface area contributed by atoms with Gasteiger partial charge in [0.2, 0.25) is 0 Å². The molecule has 0 atom stereocenters. The molecule has 1 fully saturated rings. The predicted molar refractivity (Wildman–Crippen MR) is 83.2 cm³/mol. The zero-order valence-corrected chi connectivity index (χ0v) is 11.9. The van der Waals surface area contributed by atoms with Crippen molar-refractivity contribution in [3.05, 3.63) is 36.2 Å². The van der Waals surface area contributed by atoms with Crippen molar-refractivity contribution >= 4 is 28.9 Å². The molecule has 0 amide bonds. The minimum Gasteiger partial charge on any atom is -0.382 e. The molecule has 104 valence electrons. The van der Waals surface area contributed by atoms with Gasteiger partial charge in [-0.05, 0) is 32.0 Å². The summed E-state index contributed by atoms with van der Waals surface area (Å²) in [7, 11) is 0. The smallest absolute Gasteiger partial charge is 0.101 e. The number of nitrogens with one attached hydrogen (secondary N) is 2.